The highest BCUT2D eigenvalue weighted by atomic mass is 15.4. The van der Waals surface area contributed by atoms with E-state index in [1.807, 2.05) is 31.2 Å². The van der Waals surface area contributed by atoms with Gasteiger partial charge in [0.25, 0.3) is 0 Å². The van der Waals surface area contributed by atoms with Gasteiger partial charge in [-0.05, 0) is 25.1 Å². The topological polar surface area (TPSA) is 63.0 Å². The molecule has 1 aromatic rings. The third-order valence-electron chi connectivity index (χ3n) is 1.90. The van der Waals surface area contributed by atoms with Crippen LogP contribution in [0.25, 0.3) is 6.08 Å². The number of nitrogens with one attached hydrogen (secondary N) is 2. The Morgan fingerprint density at radius 3 is 3.23 bits per heavy atom. The first-order chi connectivity index (χ1) is 6.17. The Morgan fingerprint density at radius 2 is 2.38 bits per heavy atom. The Kier molecular flexibility index (Phi) is 1.79. The highest BCUT2D eigenvalue weighted by Gasteiger charge is 2.16. The summed E-state index contributed by atoms with van der Waals surface area (Å²) < 4.78 is 0. The van der Waals surface area contributed by atoms with Crippen molar-refractivity contribution in [2.24, 2.45) is 5.73 Å². The maximum absolute atomic E-state index is 5.87. The van der Waals surface area contributed by atoms with Crippen molar-refractivity contribution < 1.29 is 0 Å². The van der Waals surface area contributed by atoms with Gasteiger partial charge in [0, 0.05) is 11.8 Å². The molecule has 2 heterocycles. The number of hydrogen-bond acceptors (Lipinski definition) is 4. The molecule has 0 aliphatic carbocycles. The second kappa shape index (κ2) is 2.83. The predicted octanol–water partition coefficient (Wildman–Crippen LogP) is 0.700. The van der Waals surface area contributed by atoms with Crippen LogP contribution >= 0.6 is 0 Å². The lowest BCUT2D eigenvalue weighted by molar-refractivity contribution is 0.499. The van der Waals surface area contributed by atoms with Gasteiger partial charge in [0.05, 0.1) is 5.66 Å². The molecular weight excluding hydrogens is 164 g/mol. The highest BCUT2D eigenvalue weighted by molar-refractivity contribution is 5.64. The molecule has 13 heavy (non-hydrogen) atoms. The zero-order valence-corrected chi connectivity index (χ0v) is 7.41. The van der Waals surface area contributed by atoms with Gasteiger partial charge in [-0.25, -0.2) is 10.4 Å². The fourth-order valence-corrected chi connectivity index (χ4v) is 1.16. The third kappa shape index (κ3) is 1.68. The first-order valence-corrected chi connectivity index (χ1v) is 4.14. The number of hydrazine groups is 1. The Labute approximate surface area is 76.8 Å². The van der Waals surface area contributed by atoms with Crippen LogP contribution in [-0.4, -0.2) is 10.6 Å². The van der Waals surface area contributed by atoms with Crippen LogP contribution in [0.2, 0.25) is 0 Å². The van der Waals surface area contributed by atoms with E-state index in [1.54, 1.807) is 6.20 Å². The van der Waals surface area contributed by atoms with Gasteiger partial charge in [0.1, 0.15) is 5.82 Å². The second-order valence-electron chi connectivity index (χ2n) is 3.31. The zero-order valence-electron chi connectivity index (χ0n) is 7.41. The summed E-state index contributed by atoms with van der Waals surface area (Å²) in [5.74, 6) is 0.799. The predicted molar refractivity (Wildman–Crippen MR) is 52.6 cm³/mol. The van der Waals surface area contributed by atoms with Gasteiger partial charge in [-0.1, -0.05) is 6.08 Å². The number of aromatic nitrogens is 1. The van der Waals surface area contributed by atoms with E-state index in [1.165, 1.54) is 0 Å². The number of rotatable bonds is 0. The molecule has 4 nitrogen and oxygen atoms in total. The van der Waals surface area contributed by atoms with Crippen LogP contribution in [0.5, 0.6) is 0 Å². The first-order valence-electron chi connectivity index (χ1n) is 4.14. The minimum absolute atomic E-state index is 0.541. The van der Waals surface area contributed by atoms with E-state index in [-0.39, 0.29) is 0 Å². The van der Waals surface area contributed by atoms with Crippen LogP contribution in [0.4, 0.5) is 5.82 Å². The average molecular weight is 176 g/mol. The van der Waals surface area contributed by atoms with Crippen molar-refractivity contribution in [3.8, 4) is 0 Å². The van der Waals surface area contributed by atoms with Gasteiger partial charge in [-0.3, -0.25) is 0 Å². The van der Waals surface area contributed by atoms with Gasteiger partial charge in [0.15, 0.2) is 0 Å². The minimum Gasteiger partial charge on any atom is -0.309 e. The van der Waals surface area contributed by atoms with Crippen LogP contribution in [0.15, 0.2) is 24.4 Å². The number of nitrogens with two attached hydrogens (primary N) is 1. The molecule has 4 N–H and O–H groups in total. The van der Waals surface area contributed by atoms with Gasteiger partial charge < -0.3 is 11.2 Å². The maximum atomic E-state index is 5.87. The van der Waals surface area contributed by atoms with Crippen molar-refractivity contribution >= 4 is 11.9 Å². The van der Waals surface area contributed by atoms with Gasteiger partial charge in [-0.15, -0.1) is 0 Å². The molecular formula is C9H12N4. The summed E-state index contributed by atoms with van der Waals surface area (Å²) in [5.41, 5.74) is 12.3. The molecule has 1 unspecified atom stereocenters. The quantitative estimate of drug-likeness (QED) is 0.544. The van der Waals surface area contributed by atoms with E-state index >= 15 is 0 Å². The van der Waals surface area contributed by atoms with E-state index in [0.717, 1.165) is 11.4 Å². The van der Waals surface area contributed by atoms with Crippen LogP contribution < -0.4 is 16.6 Å². The van der Waals surface area contributed by atoms with Crippen molar-refractivity contribution in [3.63, 3.8) is 0 Å². The second-order valence-corrected chi connectivity index (χ2v) is 3.31. The molecule has 0 aromatic carbocycles. The number of fused-ring (bicyclic) bond motifs is 1. The summed E-state index contributed by atoms with van der Waals surface area (Å²) >= 11 is 0. The number of nitrogens with zero attached hydrogens (tertiary/aromatic N) is 1. The summed E-state index contributed by atoms with van der Waals surface area (Å²) in [4.78, 5) is 4.16. The molecule has 1 aromatic heterocycles. The molecule has 0 fully saturated rings. The molecule has 4 heteroatoms. The summed E-state index contributed by atoms with van der Waals surface area (Å²) in [5, 5.41) is 0. The van der Waals surface area contributed by atoms with Crippen molar-refractivity contribution in [1.29, 1.82) is 0 Å². The highest BCUT2D eigenvalue weighted by Crippen LogP contribution is 2.16. The van der Waals surface area contributed by atoms with Crippen LogP contribution in [-0.2, 0) is 0 Å². The van der Waals surface area contributed by atoms with Crippen LogP contribution in [0, 0.1) is 0 Å². The minimum atomic E-state index is -0.541. The van der Waals surface area contributed by atoms with E-state index < -0.39 is 5.66 Å². The fraction of sp³-hybridized carbons (Fsp3) is 0.222. The summed E-state index contributed by atoms with van der Waals surface area (Å²) in [6, 6.07) is 3.87. The summed E-state index contributed by atoms with van der Waals surface area (Å²) in [7, 11) is 0. The van der Waals surface area contributed by atoms with E-state index in [4.69, 9.17) is 5.73 Å². The first kappa shape index (κ1) is 8.22. The monoisotopic (exact) mass is 176 g/mol. The summed E-state index contributed by atoms with van der Waals surface area (Å²) in [6.07, 6.45) is 5.59. The molecule has 0 saturated carbocycles. The SMILES string of the molecule is CC1(N)C=Cc2cccnc2NN1. The number of pyridine rings is 1. The van der Waals surface area contributed by atoms with Crippen LogP contribution in [0.3, 0.4) is 0 Å². The molecule has 68 valence electrons. The average Bonchev–Trinajstić information content (AvgIpc) is 2.27. The molecule has 0 spiro atoms. The molecule has 0 saturated heterocycles. The van der Waals surface area contributed by atoms with Gasteiger partial charge >= 0.3 is 0 Å². The van der Waals surface area contributed by atoms with E-state index in [0.29, 0.717) is 0 Å². The largest absolute Gasteiger partial charge is 0.309 e. The summed E-state index contributed by atoms with van der Waals surface area (Å²) in [6.45, 7) is 1.88. The van der Waals surface area contributed by atoms with E-state index in [9.17, 15) is 0 Å². The lowest BCUT2D eigenvalue weighted by Gasteiger charge is -2.20. The molecule has 2 rings (SSSR count). The Bertz CT molecular complexity index is 343. The Balaban J connectivity index is 2.39. The standard InChI is InChI=1S/C9H12N4/c1-9(10)5-4-7-3-2-6-11-8(7)12-13-9/h2-6,13H,10H2,1H3,(H,11,12). The van der Waals surface area contributed by atoms with Gasteiger partial charge in [-0.2, -0.15) is 0 Å². The van der Waals surface area contributed by atoms with Crippen LogP contribution in [0.1, 0.15) is 12.5 Å². The zero-order chi connectivity index (χ0) is 9.31. The lowest BCUT2D eigenvalue weighted by atomic mass is 10.2. The van der Waals surface area contributed by atoms with Crippen molar-refractivity contribution in [3.05, 3.63) is 30.0 Å². The molecule has 1 aliphatic heterocycles. The van der Waals surface area contributed by atoms with Gasteiger partial charge in [0.2, 0.25) is 0 Å². The molecule has 1 aliphatic rings. The molecule has 0 bridgehead atoms. The molecule has 1 atom stereocenters. The van der Waals surface area contributed by atoms with E-state index in [2.05, 4.69) is 15.8 Å². The maximum Gasteiger partial charge on any atom is 0.147 e. The Morgan fingerprint density at radius 1 is 1.54 bits per heavy atom. The number of anilines is 1. The Hall–Kier alpha value is -1.39. The van der Waals surface area contributed by atoms with Crippen molar-refractivity contribution in [2.45, 2.75) is 12.6 Å². The van der Waals surface area contributed by atoms with Crippen molar-refractivity contribution in [1.82, 2.24) is 10.4 Å². The lowest BCUT2D eigenvalue weighted by Crippen LogP contribution is -2.51. The molecule has 0 radical (unpaired) electrons. The smallest absolute Gasteiger partial charge is 0.147 e. The fourth-order valence-electron chi connectivity index (χ4n) is 1.16. The van der Waals surface area contributed by atoms with Crippen molar-refractivity contribution in [2.75, 3.05) is 5.43 Å². The molecule has 0 amide bonds. The number of hydrogen-bond donors (Lipinski definition) is 3. The third-order valence-corrected chi connectivity index (χ3v) is 1.90. The normalized spacial score (nSPS) is 26.0.